The number of amides is 1. The first-order valence-electron chi connectivity index (χ1n) is 8.98. The van der Waals surface area contributed by atoms with Crippen LogP contribution < -0.4 is 20.7 Å². The van der Waals surface area contributed by atoms with Crippen molar-refractivity contribution in [2.45, 2.75) is 26.2 Å². The Morgan fingerprint density at radius 1 is 1.23 bits per heavy atom. The van der Waals surface area contributed by atoms with E-state index in [1.54, 1.807) is 18.2 Å². The van der Waals surface area contributed by atoms with Gasteiger partial charge in [0.25, 0.3) is 0 Å². The Kier molecular flexibility index (Phi) is 8.85. The summed E-state index contributed by atoms with van der Waals surface area (Å²) in [7, 11) is 0. The largest absolute Gasteiger partial charge is 0.492 e. The van der Waals surface area contributed by atoms with Crippen molar-refractivity contribution < 1.29 is 9.53 Å². The van der Waals surface area contributed by atoms with Crippen LogP contribution in [0, 0.1) is 5.92 Å². The van der Waals surface area contributed by atoms with Crippen molar-refractivity contribution in [2.75, 3.05) is 32.8 Å². The predicted octanol–water partition coefficient (Wildman–Crippen LogP) is 2.84. The van der Waals surface area contributed by atoms with Crippen LogP contribution in [0.5, 0.6) is 5.75 Å². The average molecular weight is 401 g/mol. The second-order valence-corrected chi connectivity index (χ2v) is 6.87. The summed E-state index contributed by atoms with van der Waals surface area (Å²) >= 11 is 11.9. The smallest absolute Gasteiger partial charge is 0.223 e. The molecule has 1 fully saturated rings. The van der Waals surface area contributed by atoms with Crippen LogP contribution in [0.3, 0.4) is 0 Å². The molecule has 144 valence electrons. The van der Waals surface area contributed by atoms with Gasteiger partial charge in [-0.1, -0.05) is 23.2 Å². The summed E-state index contributed by atoms with van der Waals surface area (Å²) in [5.41, 5.74) is 0. The van der Waals surface area contributed by atoms with Gasteiger partial charge < -0.3 is 20.7 Å². The van der Waals surface area contributed by atoms with Gasteiger partial charge in [-0.2, -0.15) is 0 Å². The van der Waals surface area contributed by atoms with Gasteiger partial charge in [-0.3, -0.25) is 9.79 Å². The first-order valence-corrected chi connectivity index (χ1v) is 9.73. The summed E-state index contributed by atoms with van der Waals surface area (Å²) < 4.78 is 5.64. The molecule has 1 saturated carbocycles. The number of hydrogen-bond acceptors (Lipinski definition) is 3. The number of nitrogens with zero attached hydrogens (tertiary/aromatic N) is 1. The minimum Gasteiger partial charge on any atom is -0.492 e. The highest BCUT2D eigenvalue weighted by molar-refractivity contribution is 6.35. The van der Waals surface area contributed by atoms with Crippen LogP contribution in [0.2, 0.25) is 10.0 Å². The van der Waals surface area contributed by atoms with Gasteiger partial charge in [0.1, 0.15) is 5.75 Å². The lowest BCUT2D eigenvalue weighted by Gasteiger charge is -2.12. The zero-order valence-corrected chi connectivity index (χ0v) is 16.5. The third kappa shape index (κ3) is 7.70. The molecule has 8 heteroatoms. The van der Waals surface area contributed by atoms with Gasteiger partial charge >= 0.3 is 0 Å². The van der Waals surface area contributed by atoms with Crippen molar-refractivity contribution in [3.05, 3.63) is 28.2 Å². The number of guanidine groups is 1. The molecular formula is C18H26Cl2N4O2. The van der Waals surface area contributed by atoms with E-state index in [9.17, 15) is 4.79 Å². The van der Waals surface area contributed by atoms with Crippen molar-refractivity contribution >= 4 is 35.1 Å². The molecule has 0 atom stereocenters. The maximum atomic E-state index is 11.6. The molecule has 3 N–H and O–H groups in total. The van der Waals surface area contributed by atoms with Crippen molar-refractivity contribution in [1.29, 1.82) is 0 Å². The van der Waals surface area contributed by atoms with Crippen LogP contribution in [-0.2, 0) is 4.79 Å². The maximum absolute atomic E-state index is 11.6. The molecule has 1 aromatic rings. The normalized spacial score (nSPS) is 14.0. The quantitative estimate of drug-likeness (QED) is 0.320. The monoisotopic (exact) mass is 400 g/mol. The Morgan fingerprint density at radius 2 is 2.00 bits per heavy atom. The molecule has 0 radical (unpaired) electrons. The van der Waals surface area contributed by atoms with E-state index in [-0.39, 0.29) is 11.8 Å². The molecule has 2 rings (SSSR count). The fourth-order valence-electron chi connectivity index (χ4n) is 2.23. The molecule has 0 bridgehead atoms. The third-order valence-electron chi connectivity index (χ3n) is 3.73. The van der Waals surface area contributed by atoms with Crippen LogP contribution in [0.1, 0.15) is 26.2 Å². The minimum absolute atomic E-state index is 0.159. The van der Waals surface area contributed by atoms with E-state index in [0.717, 1.165) is 31.8 Å². The van der Waals surface area contributed by atoms with E-state index in [1.165, 1.54) is 0 Å². The van der Waals surface area contributed by atoms with Gasteiger partial charge in [0.2, 0.25) is 5.91 Å². The summed E-state index contributed by atoms with van der Waals surface area (Å²) in [5.74, 6) is 1.76. The Hall–Kier alpha value is -1.66. The Bertz CT molecular complexity index is 621. The molecule has 1 amide bonds. The summed E-state index contributed by atoms with van der Waals surface area (Å²) in [6, 6.07) is 5.16. The lowest BCUT2D eigenvalue weighted by molar-refractivity contribution is -0.122. The molecular weight excluding hydrogens is 375 g/mol. The average Bonchev–Trinajstić information content (AvgIpc) is 3.44. The molecule has 0 heterocycles. The Morgan fingerprint density at radius 3 is 2.69 bits per heavy atom. The lowest BCUT2D eigenvalue weighted by atomic mass is 10.3. The molecule has 0 saturated heterocycles. The van der Waals surface area contributed by atoms with E-state index in [2.05, 4.69) is 20.9 Å². The molecule has 0 spiro atoms. The van der Waals surface area contributed by atoms with Gasteiger partial charge in [0, 0.05) is 43.5 Å². The summed E-state index contributed by atoms with van der Waals surface area (Å²) in [6.45, 7) is 5.16. The second-order valence-electron chi connectivity index (χ2n) is 6.03. The van der Waals surface area contributed by atoms with Crippen LogP contribution >= 0.6 is 23.2 Å². The first kappa shape index (κ1) is 20.6. The number of ether oxygens (including phenoxy) is 1. The lowest BCUT2D eigenvalue weighted by Crippen LogP contribution is -2.41. The van der Waals surface area contributed by atoms with Gasteiger partial charge in [0.15, 0.2) is 5.96 Å². The summed E-state index contributed by atoms with van der Waals surface area (Å²) in [4.78, 5) is 16.1. The number of rotatable bonds is 10. The molecule has 1 aromatic carbocycles. The topological polar surface area (TPSA) is 74.8 Å². The van der Waals surface area contributed by atoms with Crippen molar-refractivity contribution in [3.63, 3.8) is 0 Å². The van der Waals surface area contributed by atoms with Crippen molar-refractivity contribution in [1.82, 2.24) is 16.0 Å². The van der Waals surface area contributed by atoms with E-state index >= 15 is 0 Å². The molecule has 1 aliphatic carbocycles. The van der Waals surface area contributed by atoms with Gasteiger partial charge in [-0.05, 0) is 38.0 Å². The maximum Gasteiger partial charge on any atom is 0.223 e. The van der Waals surface area contributed by atoms with E-state index in [0.29, 0.717) is 42.0 Å². The molecule has 26 heavy (non-hydrogen) atoms. The van der Waals surface area contributed by atoms with Gasteiger partial charge in [0.05, 0.1) is 11.6 Å². The van der Waals surface area contributed by atoms with Crippen LogP contribution in [0.4, 0.5) is 0 Å². The number of carbonyl (C=O) groups excluding carboxylic acids is 1. The van der Waals surface area contributed by atoms with Gasteiger partial charge in [-0.25, -0.2) is 0 Å². The van der Waals surface area contributed by atoms with Crippen LogP contribution in [-0.4, -0.2) is 44.7 Å². The van der Waals surface area contributed by atoms with Gasteiger partial charge in [-0.15, -0.1) is 0 Å². The van der Waals surface area contributed by atoms with Crippen molar-refractivity contribution in [2.24, 2.45) is 10.9 Å². The van der Waals surface area contributed by atoms with Crippen LogP contribution in [0.15, 0.2) is 23.2 Å². The van der Waals surface area contributed by atoms with E-state index < -0.39 is 0 Å². The number of halogens is 2. The van der Waals surface area contributed by atoms with Crippen LogP contribution in [0.25, 0.3) is 0 Å². The molecule has 0 aliphatic heterocycles. The molecule has 0 unspecified atom stereocenters. The highest BCUT2D eigenvalue weighted by atomic mass is 35.5. The number of aliphatic imine (C=N–C) groups is 1. The molecule has 0 aromatic heterocycles. The Labute approximate surface area is 164 Å². The minimum atomic E-state index is 0.159. The van der Waals surface area contributed by atoms with Crippen molar-refractivity contribution in [3.8, 4) is 5.75 Å². The zero-order chi connectivity index (χ0) is 18.8. The number of benzene rings is 1. The standard InChI is InChI=1S/C18H26Cl2N4O2/c1-2-21-18(24-10-9-22-17(25)13-4-5-13)23-8-3-11-26-16-7-6-14(19)12-15(16)20/h6-7,12-13H,2-5,8-11H2,1H3,(H,22,25)(H2,21,23,24). The molecule has 6 nitrogen and oxygen atoms in total. The number of hydrogen-bond donors (Lipinski definition) is 3. The SMILES string of the molecule is CCNC(=NCCCOc1ccc(Cl)cc1Cl)NCCNC(=O)C1CC1. The fraction of sp³-hybridized carbons (Fsp3) is 0.556. The molecule has 1 aliphatic rings. The number of carbonyl (C=O) groups is 1. The van der Waals surface area contributed by atoms with E-state index in [1.807, 2.05) is 6.92 Å². The fourth-order valence-corrected chi connectivity index (χ4v) is 2.69. The first-order chi connectivity index (χ1) is 12.6. The zero-order valence-electron chi connectivity index (χ0n) is 15.0. The highest BCUT2D eigenvalue weighted by Crippen LogP contribution is 2.28. The predicted molar refractivity (Wildman–Crippen MR) is 106 cm³/mol. The Balaban J connectivity index is 1.63. The third-order valence-corrected chi connectivity index (χ3v) is 4.26. The number of nitrogens with one attached hydrogen (secondary N) is 3. The highest BCUT2D eigenvalue weighted by Gasteiger charge is 2.28. The van der Waals surface area contributed by atoms with E-state index in [4.69, 9.17) is 27.9 Å². The summed E-state index contributed by atoms with van der Waals surface area (Å²) in [6.07, 6.45) is 2.80. The second kappa shape index (κ2) is 11.1. The summed E-state index contributed by atoms with van der Waals surface area (Å²) in [5, 5.41) is 10.4.